The molecule has 0 atom stereocenters. The third kappa shape index (κ3) is 5.79. The smallest absolute Gasteiger partial charge is 0.282 e. The molecule has 1 aromatic rings. The molecule has 2 fully saturated rings. The Morgan fingerprint density at radius 2 is 1.83 bits per heavy atom. The molecule has 1 saturated heterocycles. The van der Waals surface area contributed by atoms with Crippen LogP contribution in [0.25, 0.3) is 0 Å². The molecule has 10 heteroatoms. The van der Waals surface area contributed by atoms with Crippen molar-refractivity contribution in [2.45, 2.75) is 77.2 Å². The normalized spacial score (nSPS) is 19.5. The van der Waals surface area contributed by atoms with Gasteiger partial charge in [-0.15, -0.1) is 0 Å². The van der Waals surface area contributed by atoms with Crippen molar-refractivity contribution in [3.63, 3.8) is 0 Å². The summed E-state index contributed by atoms with van der Waals surface area (Å²) in [5.41, 5.74) is 0. The van der Waals surface area contributed by atoms with Gasteiger partial charge >= 0.3 is 0 Å². The summed E-state index contributed by atoms with van der Waals surface area (Å²) in [5.74, 6) is 1.35. The lowest BCUT2D eigenvalue weighted by Gasteiger charge is -2.38. The van der Waals surface area contributed by atoms with Crippen molar-refractivity contribution in [2.24, 2.45) is 0 Å². The van der Waals surface area contributed by atoms with Crippen molar-refractivity contribution in [3.8, 4) is 0 Å². The fraction of sp³-hybridized carbons (Fsp3) is 0.850. The van der Waals surface area contributed by atoms with E-state index in [0.29, 0.717) is 57.2 Å². The second kappa shape index (κ2) is 10.7. The molecule has 1 aliphatic carbocycles. The molecule has 1 aliphatic heterocycles. The van der Waals surface area contributed by atoms with Crippen LogP contribution in [0.1, 0.15) is 70.0 Å². The maximum atomic E-state index is 13.0. The lowest BCUT2D eigenvalue weighted by molar-refractivity contribution is -0.132. The summed E-state index contributed by atoms with van der Waals surface area (Å²) >= 11 is 0. The largest absolute Gasteiger partial charge is 0.340 e. The summed E-state index contributed by atoms with van der Waals surface area (Å²) in [5, 5.41) is 3.92. The van der Waals surface area contributed by atoms with Crippen LogP contribution in [0.15, 0.2) is 4.52 Å². The highest BCUT2D eigenvalue weighted by Crippen LogP contribution is 2.25. The van der Waals surface area contributed by atoms with Gasteiger partial charge in [0.2, 0.25) is 11.8 Å². The highest BCUT2D eigenvalue weighted by atomic mass is 32.2. The van der Waals surface area contributed by atoms with Crippen LogP contribution in [0, 0.1) is 0 Å². The Hall–Kier alpha value is -1.52. The summed E-state index contributed by atoms with van der Waals surface area (Å²) in [6.07, 6.45) is 8.66. The molecule has 0 aromatic carbocycles. The van der Waals surface area contributed by atoms with Crippen molar-refractivity contribution < 1.29 is 17.7 Å². The summed E-state index contributed by atoms with van der Waals surface area (Å²) in [6, 6.07) is 0.103. The average molecular weight is 442 g/mol. The molecule has 170 valence electrons. The zero-order valence-corrected chi connectivity index (χ0v) is 19.1. The van der Waals surface area contributed by atoms with Gasteiger partial charge < -0.3 is 9.42 Å². The zero-order valence-electron chi connectivity index (χ0n) is 18.3. The van der Waals surface area contributed by atoms with Crippen LogP contribution < -0.4 is 0 Å². The molecule has 30 heavy (non-hydrogen) atoms. The van der Waals surface area contributed by atoms with Gasteiger partial charge in [-0.3, -0.25) is 4.79 Å². The topological polar surface area (TPSA) is 99.8 Å². The molecule has 0 N–H and O–H groups in total. The Kier molecular flexibility index (Phi) is 8.24. The number of rotatable bonds is 9. The first-order valence-corrected chi connectivity index (χ1v) is 12.6. The van der Waals surface area contributed by atoms with Gasteiger partial charge in [0.15, 0.2) is 5.82 Å². The molecular weight excluding hydrogens is 406 g/mol. The van der Waals surface area contributed by atoms with Gasteiger partial charge in [0.1, 0.15) is 0 Å². The molecule has 2 heterocycles. The highest BCUT2D eigenvalue weighted by molar-refractivity contribution is 7.86. The van der Waals surface area contributed by atoms with Crippen LogP contribution in [0.4, 0.5) is 0 Å². The number of carbonyl (C=O) groups excluding carboxylic acids is 1. The number of aryl methyl sites for hydroxylation is 2. The molecular formula is C20H35N5O4S. The molecule has 3 rings (SSSR count). The fourth-order valence-corrected chi connectivity index (χ4v) is 5.83. The van der Waals surface area contributed by atoms with E-state index in [1.165, 1.54) is 10.7 Å². The van der Waals surface area contributed by atoms with Gasteiger partial charge in [0, 0.05) is 58.5 Å². The van der Waals surface area contributed by atoms with Gasteiger partial charge in [0.05, 0.1) is 0 Å². The summed E-state index contributed by atoms with van der Waals surface area (Å²) in [7, 11) is -1.76. The molecule has 1 saturated carbocycles. The number of hydrogen-bond acceptors (Lipinski definition) is 6. The van der Waals surface area contributed by atoms with E-state index in [4.69, 9.17) is 4.52 Å². The van der Waals surface area contributed by atoms with Crippen LogP contribution in [-0.4, -0.2) is 77.2 Å². The van der Waals surface area contributed by atoms with E-state index >= 15 is 0 Å². The summed E-state index contributed by atoms with van der Waals surface area (Å²) in [4.78, 5) is 18.6. The second-order valence-corrected chi connectivity index (χ2v) is 10.3. The van der Waals surface area contributed by atoms with Crippen molar-refractivity contribution in [2.75, 3.05) is 33.2 Å². The molecule has 0 unspecified atom stereocenters. The first-order chi connectivity index (χ1) is 14.4. The van der Waals surface area contributed by atoms with E-state index < -0.39 is 10.2 Å². The molecule has 0 bridgehead atoms. The Labute approximate surface area is 180 Å². The monoisotopic (exact) mass is 441 g/mol. The minimum absolute atomic E-state index is 0.0565. The van der Waals surface area contributed by atoms with Gasteiger partial charge in [-0.2, -0.15) is 22.0 Å². The van der Waals surface area contributed by atoms with Crippen molar-refractivity contribution in [1.29, 1.82) is 0 Å². The van der Waals surface area contributed by atoms with E-state index in [1.807, 2.05) is 0 Å². The third-order valence-electron chi connectivity index (χ3n) is 6.14. The number of hydrogen-bond donors (Lipinski definition) is 0. The molecule has 0 radical (unpaired) electrons. The van der Waals surface area contributed by atoms with Crippen molar-refractivity contribution >= 4 is 16.1 Å². The van der Waals surface area contributed by atoms with E-state index in [2.05, 4.69) is 17.1 Å². The SMILES string of the molecule is CCCc1noc(CCCC(=O)N2CCN(S(=O)(=O)N(C)C3CCCCC3)CC2)n1. The second-order valence-electron chi connectivity index (χ2n) is 8.30. The summed E-state index contributed by atoms with van der Waals surface area (Å²) < 4.78 is 34.2. The van der Waals surface area contributed by atoms with E-state index in [-0.39, 0.29) is 11.9 Å². The fourth-order valence-electron chi connectivity index (χ4n) is 4.25. The maximum Gasteiger partial charge on any atom is 0.282 e. The van der Waals surface area contributed by atoms with Crippen molar-refractivity contribution in [3.05, 3.63) is 11.7 Å². The number of nitrogens with zero attached hydrogens (tertiary/aromatic N) is 5. The number of amides is 1. The van der Waals surface area contributed by atoms with Gasteiger partial charge in [0.25, 0.3) is 10.2 Å². The van der Waals surface area contributed by atoms with E-state index in [0.717, 1.165) is 38.5 Å². The zero-order chi connectivity index (χ0) is 21.6. The van der Waals surface area contributed by atoms with Crippen LogP contribution in [-0.2, 0) is 27.8 Å². The maximum absolute atomic E-state index is 13.0. The lowest BCUT2D eigenvalue weighted by Crippen LogP contribution is -2.55. The molecule has 1 aromatic heterocycles. The predicted octanol–water partition coefficient (Wildman–Crippen LogP) is 2.00. The Morgan fingerprint density at radius 1 is 1.13 bits per heavy atom. The van der Waals surface area contributed by atoms with E-state index in [9.17, 15) is 13.2 Å². The number of piperazine rings is 1. The van der Waals surface area contributed by atoms with Gasteiger partial charge in [-0.05, 0) is 25.7 Å². The minimum Gasteiger partial charge on any atom is -0.340 e. The first kappa shape index (κ1) is 23.1. The Bertz CT molecular complexity index is 783. The molecule has 0 spiro atoms. The van der Waals surface area contributed by atoms with Crippen LogP contribution >= 0.6 is 0 Å². The quantitative estimate of drug-likeness (QED) is 0.581. The van der Waals surface area contributed by atoms with Gasteiger partial charge in [-0.1, -0.05) is 31.3 Å². The molecule has 9 nitrogen and oxygen atoms in total. The first-order valence-electron chi connectivity index (χ1n) is 11.2. The molecule has 2 aliphatic rings. The molecule has 1 amide bonds. The number of carbonyl (C=O) groups is 1. The average Bonchev–Trinajstić information content (AvgIpc) is 3.21. The minimum atomic E-state index is -3.47. The summed E-state index contributed by atoms with van der Waals surface area (Å²) in [6.45, 7) is 3.66. The Balaban J connectivity index is 1.42. The van der Waals surface area contributed by atoms with Crippen LogP contribution in [0.5, 0.6) is 0 Å². The lowest BCUT2D eigenvalue weighted by atomic mass is 9.96. The Morgan fingerprint density at radius 3 is 2.50 bits per heavy atom. The highest BCUT2D eigenvalue weighted by Gasteiger charge is 2.35. The van der Waals surface area contributed by atoms with Crippen LogP contribution in [0.3, 0.4) is 0 Å². The van der Waals surface area contributed by atoms with Gasteiger partial charge in [-0.25, -0.2) is 0 Å². The van der Waals surface area contributed by atoms with Crippen molar-refractivity contribution in [1.82, 2.24) is 23.7 Å². The predicted molar refractivity (Wildman–Crippen MR) is 113 cm³/mol. The van der Waals surface area contributed by atoms with Crippen LogP contribution in [0.2, 0.25) is 0 Å². The third-order valence-corrected chi connectivity index (χ3v) is 8.18. The number of aromatic nitrogens is 2. The standard InChI is InChI=1S/C20H35N5O4S/c1-3-8-18-21-19(29-22-18)11-7-12-20(26)24-13-15-25(16-14-24)30(27,28)23(2)17-9-5-4-6-10-17/h17H,3-16H2,1-2H3. The van der Waals surface area contributed by atoms with E-state index in [1.54, 1.807) is 16.3 Å².